The van der Waals surface area contributed by atoms with Gasteiger partial charge in [-0.25, -0.2) is 0 Å². The highest BCUT2D eigenvalue weighted by Crippen LogP contribution is 2.47. The molecule has 0 saturated heterocycles. The molecule has 1 aliphatic carbocycles. The smallest absolute Gasteiger partial charge is 0.262 e. The average Bonchev–Trinajstić information content (AvgIpc) is 3.05. The van der Waals surface area contributed by atoms with Crippen LogP contribution in [-0.2, 0) is 4.79 Å². The van der Waals surface area contributed by atoms with E-state index in [-0.39, 0.29) is 18.2 Å². The van der Waals surface area contributed by atoms with Gasteiger partial charge in [0.15, 0.2) is 0 Å². The van der Waals surface area contributed by atoms with Crippen LogP contribution in [0.15, 0.2) is 24.3 Å². The number of hydrogen-bond donors (Lipinski definition) is 0. The van der Waals surface area contributed by atoms with Gasteiger partial charge in [0.05, 0.1) is 16.7 Å². The maximum absolute atomic E-state index is 12.2. The van der Waals surface area contributed by atoms with Gasteiger partial charge in [-0.15, -0.1) is 0 Å². The summed E-state index contributed by atoms with van der Waals surface area (Å²) >= 11 is 0. The lowest BCUT2D eigenvalue weighted by atomic mass is 10.1. The number of aldehydes is 1. The van der Waals surface area contributed by atoms with Crippen LogP contribution in [0.1, 0.15) is 40.0 Å². The van der Waals surface area contributed by atoms with Gasteiger partial charge in [0.1, 0.15) is 6.29 Å². The molecule has 0 radical (unpaired) electrons. The molecule has 0 spiro atoms. The molecule has 0 bridgehead atoms. The molecule has 1 aromatic carbocycles. The van der Waals surface area contributed by atoms with Gasteiger partial charge in [-0.2, -0.15) is 0 Å². The first-order chi connectivity index (χ1) is 8.19. The number of benzene rings is 1. The Morgan fingerprint density at radius 1 is 1.12 bits per heavy atom. The van der Waals surface area contributed by atoms with Crippen molar-refractivity contribution < 1.29 is 14.4 Å². The Hall–Kier alpha value is -1.97. The van der Waals surface area contributed by atoms with Crippen LogP contribution in [0, 0.1) is 0 Å². The van der Waals surface area contributed by atoms with E-state index in [2.05, 4.69) is 0 Å². The molecule has 1 fully saturated rings. The predicted octanol–water partition coefficient (Wildman–Crippen LogP) is 1.40. The van der Waals surface area contributed by atoms with Gasteiger partial charge < -0.3 is 4.79 Å². The number of rotatable bonds is 3. The van der Waals surface area contributed by atoms with Gasteiger partial charge in [0.2, 0.25) is 0 Å². The Morgan fingerprint density at radius 3 is 2.06 bits per heavy atom. The lowest BCUT2D eigenvalue weighted by molar-refractivity contribution is -0.108. The maximum atomic E-state index is 12.2. The van der Waals surface area contributed by atoms with E-state index in [9.17, 15) is 14.4 Å². The Balaban J connectivity index is 2.04. The molecule has 2 aliphatic rings. The van der Waals surface area contributed by atoms with E-state index < -0.39 is 5.54 Å². The van der Waals surface area contributed by atoms with Gasteiger partial charge in [-0.05, 0) is 25.0 Å². The molecule has 0 atom stereocenters. The minimum atomic E-state index is -0.533. The van der Waals surface area contributed by atoms with Crippen LogP contribution in [0.4, 0.5) is 0 Å². The number of carbonyl (C=O) groups is 3. The number of hydrogen-bond acceptors (Lipinski definition) is 3. The second-order valence-electron chi connectivity index (χ2n) is 4.59. The molecule has 1 saturated carbocycles. The first kappa shape index (κ1) is 10.2. The molecule has 1 heterocycles. The Labute approximate surface area is 98.2 Å². The summed E-state index contributed by atoms with van der Waals surface area (Å²) in [6.07, 6.45) is 2.50. The zero-order chi connectivity index (χ0) is 12.0. The Kier molecular flexibility index (Phi) is 1.96. The highest BCUT2D eigenvalue weighted by Gasteiger charge is 2.55. The summed E-state index contributed by atoms with van der Waals surface area (Å²) in [6.45, 7) is 0. The van der Waals surface area contributed by atoms with Crippen LogP contribution >= 0.6 is 0 Å². The van der Waals surface area contributed by atoms with E-state index in [1.165, 1.54) is 4.90 Å². The Morgan fingerprint density at radius 2 is 1.65 bits per heavy atom. The third-order valence-corrected chi connectivity index (χ3v) is 3.56. The van der Waals surface area contributed by atoms with Crippen LogP contribution in [-0.4, -0.2) is 28.5 Å². The van der Waals surface area contributed by atoms with Gasteiger partial charge in [0, 0.05) is 6.42 Å². The van der Waals surface area contributed by atoms with Gasteiger partial charge in [-0.3, -0.25) is 14.5 Å². The number of imide groups is 1. The predicted molar refractivity (Wildman–Crippen MR) is 59.6 cm³/mol. The van der Waals surface area contributed by atoms with Crippen LogP contribution in [0.2, 0.25) is 0 Å². The molecule has 0 N–H and O–H groups in total. The zero-order valence-corrected chi connectivity index (χ0v) is 9.18. The number of nitrogens with zero attached hydrogens (tertiary/aromatic N) is 1. The molecule has 17 heavy (non-hydrogen) atoms. The normalized spacial score (nSPS) is 20.4. The summed E-state index contributed by atoms with van der Waals surface area (Å²) in [5.41, 5.74) is 0.374. The monoisotopic (exact) mass is 229 g/mol. The molecule has 86 valence electrons. The number of amides is 2. The van der Waals surface area contributed by atoms with Crippen molar-refractivity contribution in [2.24, 2.45) is 0 Å². The zero-order valence-electron chi connectivity index (χ0n) is 9.18. The molecule has 3 rings (SSSR count). The van der Waals surface area contributed by atoms with E-state index in [0.29, 0.717) is 11.1 Å². The molecular weight excluding hydrogens is 218 g/mol. The van der Waals surface area contributed by atoms with Crippen LogP contribution in [0.3, 0.4) is 0 Å². The van der Waals surface area contributed by atoms with Crippen molar-refractivity contribution in [3.63, 3.8) is 0 Å². The first-order valence-corrected chi connectivity index (χ1v) is 5.61. The quantitative estimate of drug-likeness (QED) is 0.581. The van der Waals surface area contributed by atoms with Crippen molar-refractivity contribution >= 4 is 18.1 Å². The van der Waals surface area contributed by atoms with Crippen molar-refractivity contribution in [3.8, 4) is 0 Å². The van der Waals surface area contributed by atoms with E-state index in [1.54, 1.807) is 24.3 Å². The van der Waals surface area contributed by atoms with Crippen LogP contribution in [0.5, 0.6) is 0 Å². The number of carbonyl (C=O) groups excluding carboxylic acids is 3. The highest BCUT2D eigenvalue weighted by molar-refractivity contribution is 6.22. The summed E-state index contributed by atoms with van der Waals surface area (Å²) < 4.78 is 0. The minimum absolute atomic E-state index is 0.248. The Bertz CT molecular complexity index is 496. The fourth-order valence-corrected chi connectivity index (χ4v) is 2.44. The summed E-state index contributed by atoms with van der Waals surface area (Å²) in [7, 11) is 0. The largest absolute Gasteiger partial charge is 0.303 e. The molecule has 1 aliphatic heterocycles. The molecule has 0 aromatic heterocycles. The summed E-state index contributed by atoms with van der Waals surface area (Å²) in [5.74, 6) is -0.519. The number of fused-ring (bicyclic) bond motifs is 1. The lowest BCUT2D eigenvalue weighted by Crippen LogP contribution is -2.42. The maximum Gasteiger partial charge on any atom is 0.262 e. The van der Waals surface area contributed by atoms with Crippen molar-refractivity contribution in [3.05, 3.63) is 35.4 Å². The second kappa shape index (κ2) is 3.26. The third kappa shape index (κ3) is 1.27. The first-order valence-electron chi connectivity index (χ1n) is 5.61. The molecule has 2 amide bonds. The fraction of sp³-hybridized carbons (Fsp3) is 0.308. The van der Waals surface area contributed by atoms with E-state index >= 15 is 0 Å². The minimum Gasteiger partial charge on any atom is -0.303 e. The summed E-state index contributed by atoms with van der Waals surface area (Å²) in [4.78, 5) is 36.3. The average molecular weight is 229 g/mol. The van der Waals surface area contributed by atoms with Crippen LogP contribution in [0.25, 0.3) is 0 Å². The SMILES string of the molecule is O=CCC1(N2C(=O)c3ccccc3C2=O)CC1. The third-order valence-electron chi connectivity index (χ3n) is 3.56. The second-order valence-corrected chi connectivity index (χ2v) is 4.59. The molecule has 4 nitrogen and oxygen atoms in total. The van der Waals surface area contributed by atoms with E-state index in [0.717, 1.165) is 19.1 Å². The highest BCUT2D eigenvalue weighted by atomic mass is 16.2. The molecule has 0 unspecified atom stereocenters. The van der Waals surface area contributed by atoms with Crippen molar-refractivity contribution in [2.75, 3.05) is 0 Å². The van der Waals surface area contributed by atoms with Crippen LogP contribution < -0.4 is 0 Å². The van der Waals surface area contributed by atoms with Crippen molar-refractivity contribution in [1.29, 1.82) is 0 Å². The molecular formula is C13H11NO3. The lowest BCUT2D eigenvalue weighted by Gasteiger charge is -2.23. The van der Waals surface area contributed by atoms with Crippen molar-refractivity contribution in [2.45, 2.75) is 24.8 Å². The topological polar surface area (TPSA) is 54.5 Å². The van der Waals surface area contributed by atoms with E-state index in [4.69, 9.17) is 0 Å². The molecule has 4 heteroatoms. The van der Waals surface area contributed by atoms with Crippen molar-refractivity contribution in [1.82, 2.24) is 4.90 Å². The fourth-order valence-electron chi connectivity index (χ4n) is 2.44. The van der Waals surface area contributed by atoms with Gasteiger partial charge in [-0.1, -0.05) is 12.1 Å². The standard InChI is InChI=1S/C13H11NO3/c15-8-7-13(5-6-13)14-11(16)9-3-1-2-4-10(9)12(14)17/h1-4,8H,5-7H2. The van der Waals surface area contributed by atoms with E-state index in [1.807, 2.05) is 0 Å². The van der Waals surface area contributed by atoms with Gasteiger partial charge >= 0.3 is 0 Å². The molecule has 1 aromatic rings. The van der Waals surface area contributed by atoms with Gasteiger partial charge in [0.25, 0.3) is 11.8 Å². The summed E-state index contributed by atoms with van der Waals surface area (Å²) in [6, 6.07) is 6.80. The summed E-state index contributed by atoms with van der Waals surface area (Å²) in [5, 5.41) is 0.